The van der Waals surface area contributed by atoms with E-state index in [-0.39, 0.29) is 0 Å². The van der Waals surface area contributed by atoms with Gasteiger partial charge in [0.05, 0.1) is 17.3 Å². The zero-order valence-corrected chi connectivity index (χ0v) is 11.0. The Kier molecular flexibility index (Phi) is 3.55. The molecule has 0 spiro atoms. The first kappa shape index (κ1) is 12.9. The van der Waals surface area contributed by atoms with Crippen LogP contribution in [0.5, 0.6) is 0 Å². The SMILES string of the molecule is CN(c1ccc(C#N)cc1)S(=O)(=O)N1CCCC1. The number of anilines is 1. The zero-order chi connectivity index (χ0) is 13.2. The van der Waals surface area contributed by atoms with Crippen LogP contribution in [0.15, 0.2) is 24.3 Å². The Balaban J connectivity index is 2.24. The summed E-state index contributed by atoms with van der Waals surface area (Å²) in [6.45, 7) is 1.17. The minimum Gasteiger partial charge on any atom is -0.261 e. The van der Waals surface area contributed by atoms with Gasteiger partial charge in [0.2, 0.25) is 0 Å². The lowest BCUT2D eigenvalue weighted by molar-refractivity contribution is 0.476. The van der Waals surface area contributed by atoms with Gasteiger partial charge in [0, 0.05) is 20.1 Å². The fraction of sp³-hybridized carbons (Fsp3) is 0.417. The van der Waals surface area contributed by atoms with Crippen LogP contribution < -0.4 is 4.31 Å². The average Bonchev–Trinajstić information content (AvgIpc) is 2.92. The van der Waals surface area contributed by atoms with Crippen LogP contribution in [0.2, 0.25) is 0 Å². The van der Waals surface area contributed by atoms with Crippen molar-refractivity contribution < 1.29 is 8.42 Å². The van der Waals surface area contributed by atoms with E-state index in [1.165, 1.54) is 15.7 Å². The van der Waals surface area contributed by atoms with Gasteiger partial charge in [0.25, 0.3) is 0 Å². The van der Waals surface area contributed by atoms with E-state index in [9.17, 15) is 8.42 Å². The Morgan fingerprint density at radius 1 is 1.22 bits per heavy atom. The lowest BCUT2D eigenvalue weighted by Gasteiger charge is -2.25. The lowest BCUT2D eigenvalue weighted by Crippen LogP contribution is -2.40. The van der Waals surface area contributed by atoms with Crippen LogP contribution in [0.3, 0.4) is 0 Å². The van der Waals surface area contributed by atoms with E-state index in [1.807, 2.05) is 6.07 Å². The summed E-state index contributed by atoms with van der Waals surface area (Å²) in [4.78, 5) is 0. The van der Waals surface area contributed by atoms with Gasteiger partial charge < -0.3 is 0 Å². The molecule has 0 aromatic heterocycles. The first-order chi connectivity index (χ1) is 8.55. The van der Waals surface area contributed by atoms with E-state index >= 15 is 0 Å². The predicted octanol–water partition coefficient (Wildman–Crippen LogP) is 1.34. The first-order valence-electron chi connectivity index (χ1n) is 5.80. The third kappa shape index (κ3) is 2.33. The monoisotopic (exact) mass is 265 g/mol. The summed E-state index contributed by atoms with van der Waals surface area (Å²) in [5.74, 6) is 0. The summed E-state index contributed by atoms with van der Waals surface area (Å²) in [7, 11) is -1.89. The molecule has 1 aliphatic heterocycles. The Hall–Kier alpha value is -1.58. The molecule has 96 valence electrons. The molecule has 18 heavy (non-hydrogen) atoms. The van der Waals surface area contributed by atoms with Crippen LogP contribution in [0.4, 0.5) is 5.69 Å². The molecule has 0 N–H and O–H groups in total. The molecular weight excluding hydrogens is 250 g/mol. The second-order valence-corrected chi connectivity index (χ2v) is 6.20. The van der Waals surface area contributed by atoms with Crippen molar-refractivity contribution in [2.45, 2.75) is 12.8 Å². The third-order valence-corrected chi connectivity index (χ3v) is 5.02. The minimum absolute atomic E-state index is 0.519. The van der Waals surface area contributed by atoms with E-state index in [4.69, 9.17) is 5.26 Å². The normalized spacial score (nSPS) is 16.4. The van der Waals surface area contributed by atoms with Crippen molar-refractivity contribution in [2.75, 3.05) is 24.4 Å². The number of nitriles is 1. The lowest BCUT2D eigenvalue weighted by atomic mass is 10.2. The van der Waals surface area contributed by atoms with Gasteiger partial charge in [0.15, 0.2) is 0 Å². The predicted molar refractivity (Wildman–Crippen MR) is 69.3 cm³/mol. The van der Waals surface area contributed by atoms with Crippen LogP contribution in [-0.2, 0) is 10.2 Å². The highest BCUT2D eigenvalue weighted by Crippen LogP contribution is 2.22. The van der Waals surface area contributed by atoms with Gasteiger partial charge in [-0.05, 0) is 37.1 Å². The fourth-order valence-corrected chi connectivity index (χ4v) is 3.43. The highest BCUT2D eigenvalue weighted by molar-refractivity contribution is 7.90. The minimum atomic E-state index is -3.43. The van der Waals surface area contributed by atoms with E-state index in [0.717, 1.165) is 12.8 Å². The largest absolute Gasteiger partial charge is 0.303 e. The van der Waals surface area contributed by atoms with E-state index in [1.54, 1.807) is 24.3 Å². The van der Waals surface area contributed by atoms with Gasteiger partial charge >= 0.3 is 10.2 Å². The van der Waals surface area contributed by atoms with Crippen molar-refractivity contribution in [2.24, 2.45) is 0 Å². The van der Waals surface area contributed by atoms with Crippen molar-refractivity contribution in [1.29, 1.82) is 5.26 Å². The summed E-state index contributed by atoms with van der Waals surface area (Å²) in [6, 6.07) is 8.53. The van der Waals surface area contributed by atoms with Gasteiger partial charge in [-0.1, -0.05) is 0 Å². The number of hydrogen-bond donors (Lipinski definition) is 0. The molecule has 2 rings (SSSR count). The molecule has 0 atom stereocenters. The van der Waals surface area contributed by atoms with Crippen LogP contribution in [0, 0.1) is 11.3 Å². The molecule has 0 saturated carbocycles. The molecule has 1 aliphatic rings. The molecule has 1 fully saturated rings. The van der Waals surface area contributed by atoms with Crippen LogP contribution in [-0.4, -0.2) is 32.9 Å². The number of rotatable bonds is 3. The summed E-state index contributed by atoms with van der Waals surface area (Å²) >= 11 is 0. The molecule has 0 aliphatic carbocycles. The van der Waals surface area contributed by atoms with Crippen LogP contribution >= 0.6 is 0 Å². The molecule has 1 aromatic carbocycles. The van der Waals surface area contributed by atoms with Crippen molar-refractivity contribution in [1.82, 2.24) is 4.31 Å². The Morgan fingerprint density at radius 2 is 1.78 bits per heavy atom. The van der Waals surface area contributed by atoms with E-state index in [2.05, 4.69) is 0 Å². The highest BCUT2D eigenvalue weighted by Gasteiger charge is 2.29. The van der Waals surface area contributed by atoms with Gasteiger partial charge in [-0.15, -0.1) is 0 Å². The summed E-state index contributed by atoms with van der Waals surface area (Å²) in [6.07, 6.45) is 1.83. The maximum atomic E-state index is 12.3. The number of nitrogens with zero attached hydrogens (tertiary/aromatic N) is 3. The molecule has 0 unspecified atom stereocenters. The van der Waals surface area contributed by atoms with Crippen molar-refractivity contribution in [3.05, 3.63) is 29.8 Å². The van der Waals surface area contributed by atoms with Gasteiger partial charge in [-0.3, -0.25) is 4.31 Å². The average molecular weight is 265 g/mol. The molecule has 1 aromatic rings. The van der Waals surface area contributed by atoms with Gasteiger partial charge in [-0.25, -0.2) is 0 Å². The van der Waals surface area contributed by atoms with Crippen molar-refractivity contribution in [3.63, 3.8) is 0 Å². The molecule has 6 heteroatoms. The van der Waals surface area contributed by atoms with Crippen molar-refractivity contribution in [3.8, 4) is 6.07 Å². The van der Waals surface area contributed by atoms with E-state index < -0.39 is 10.2 Å². The Bertz CT molecular complexity index is 554. The zero-order valence-electron chi connectivity index (χ0n) is 10.2. The second kappa shape index (κ2) is 4.96. The molecule has 5 nitrogen and oxygen atoms in total. The van der Waals surface area contributed by atoms with Crippen LogP contribution in [0.1, 0.15) is 18.4 Å². The fourth-order valence-electron chi connectivity index (χ4n) is 1.97. The van der Waals surface area contributed by atoms with Crippen LogP contribution in [0.25, 0.3) is 0 Å². The first-order valence-corrected chi connectivity index (χ1v) is 7.19. The summed E-state index contributed by atoms with van der Waals surface area (Å²) < 4.78 is 27.3. The van der Waals surface area contributed by atoms with Gasteiger partial charge in [-0.2, -0.15) is 18.0 Å². The molecule has 0 radical (unpaired) electrons. The third-order valence-electron chi connectivity index (χ3n) is 3.10. The maximum Gasteiger partial charge on any atom is 0.303 e. The maximum absolute atomic E-state index is 12.3. The topological polar surface area (TPSA) is 64.4 Å². The van der Waals surface area contributed by atoms with E-state index in [0.29, 0.717) is 24.3 Å². The Labute approximate surface area is 107 Å². The molecule has 1 saturated heterocycles. The highest BCUT2D eigenvalue weighted by atomic mass is 32.2. The molecule has 0 bridgehead atoms. The number of hydrogen-bond acceptors (Lipinski definition) is 3. The number of benzene rings is 1. The molecule has 1 heterocycles. The summed E-state index contributed by atoms with van der Waals surface area (Å²) in [5.41, 5.74) is 1.09. The summed E-state index contributed by atoms with van der Waals surface area (Å²) in [5, 5.41) is 8.71. The molecule has 0 amide bonds. The standard InChI is InChI=1S/C12H15N3O2S/c1-14(12-6-4-11(10-13)5-7-12)18(16,17)15-8-2-3-9-15/h4-7H,2-3,8-9H2,1H3. The quantitative estimate of drug-likeness (QED) is 0.828. The van der Waals surface area contributed by atoms with Gasteiger partial charge in [0.1, 0.15) is 0 Å². The molecular formula is C12H15N3O2S. The van der Waals surface area contributed by atoms with Crippen molar-refractivity contribution >= 4 is 15.9 Å². The Morgan fingerprint density at radius 3 is 2.28 bits per heavy atom. The second-order valence-electron chi connectivity index (χ2n) is 4.24. The smallest absolute Gasteiger partial charge is 0.261 e.